The topological polar surface area (TPSA) is 66.5 Å². The fraction of sp³-hybridized carbons (Fsp3) is 0.500. The van der Waals surface area contributed by atoms with Crippen molar-refractivity contribution < 1.29 is 26.4 Å². The Kier molecular flexibility index (Phi) is 5.30. The SMILES string of the molecule is O=C1CCCN1CCCNS(=O)(=O)c1ccc(C(F)(F)F)cc1. The summed E-state index contributed by atoms with van der Waals surface area (Å²) in [7, 11) is -3.85. The lowest BCUT2D eigenvalue weighted by Crippen LogP contribution is -2.30. The van der Waals surface area contributed by atoms with Gasteiger partial charge in [-0.1, -0.05) is 0 Å². The van der Waals surface area contributed by atoms with Gasteiger partial charge in [0.15, 0.2) is 0 Å². The Bertz CT molecular complexity index is 657. The molecule has 5 nitrogen and oxygen atoms in total. The summed E-state index contributed by atoms with van der Waals surface area (Å²) in [6.45, 7) is 1.27. The molecule has 23 heavy (non-hydrogen) atoms. The maximum atomic E-state index is 12.4. The average Bonchev–Trinajstić information content (AvgIpc) is 2.88. The number of benzene rings is 1. The van der Waals surface area contributed by atoms with Crippen LogP contribution in [0.25, 0.3) is 0 Å². The molecule has 0 radical (unpaired) electrons. The third-order valence-electron chi connectivity index (χ3n) is 3.56. The number of amides is 1. The lowest BCUT2D eigenvalue weighted by atomic mass is 10.2. The molecule has 1 amide bonds. The molecule has 1 N–H and O–H groups in total. The van der Waals surface area contributed by atoms with Crippen LogP contribution >= 0.6 is 0 Å². The number of nitrogens with zero attached hydrogens (tertiary/aromatic N) is 1. The van der Waals surface area contributed by atoms with Crippen molar-refractivity contribution in [3.8, 4) is 0 Å². The molecule has 1 heterocycles. The van der Waals surface area contributed by atoms with E-state index in [2.05, 4.69) is 4.72 Å². The molecular formula is C14H17F3N2O3S. The van der Waals surface area contributed by atoms with Gasteiger partial charge < -0.3 is 4.90 Å². The Balaban J connectivity index is 1.87. The van der Waals surface area contributed by atoms with Crippen molar-refractivity contribution in [1.29, 1.82) is 0 Å². The maximum Gasteiger partial charge on any atom is 0.416 e. The number of rotatable bonds is 6. The number of nitrogens with one attached hydrogen (secondary N) is 1. The van der Waals surface area contributed by atoms with Crippen molar-refractivity contribution >= 4 is 15.9 Å². The molecule has 1 aliphatic rings. The Morgan fingerprint density at radius 2 is 1.83 bits per heavy atom. The molecule has 0 atom stereocenters. The van der Waals surface area contributed by atoms with Crippen molar-refractivity contribution in [2.45, 2.75) is 30.3 Å². The summed E-state index contributed by atoms with van der Waals surface area (Å²) in [6.07, 6.45) is -2.71. The molecule has 1 aliphatic heterocycles. The van der Waals surface area contributed by atoms with E-state index in [9.17, 15) is 26.4 Å². The van der Waals surface area contributed by atoms with Crippen LogP contribution in [0.15, 0.2) is 29.2 Å². The van der Waals surface area contributed by atoms with Crippen LogP contribution in [0.5, 0.6) is 0 Å². The second-order valence-electron chi connectivity index (χ2n) is 5.26. The number of carbonyl (C=O) groups excluding carboxylic acids is 1. The van der Waals surface area contributed by atoms with E-state index in [1.54, 1.807) is 4.90 Å². The summed E-state index contributed by atoms with van der Waals surface area (Å²) >= 11 is 0. The van der Waals surface area contributed by atoms with Gasteiger partial charge in [-0.05, 0) is 37.1 Å². The van der Waals surface area contributed by atoms with E-state index >= 15 is 0 Å². The molecule has 128 valence electrons. The molecular weight excluding hydrogens is 333 g/mol. The second kappa shape index (κ2) is 6.88. The monoisotopic (exact) mass is 350 g/mol. The van der Waals surface area contributed by atoms with Crippen molar-refractivity contribution in [2.24, 2.45) is 0 Å². The summed E-state index contributed by atoms with van der Waals surface area (Å²) < 4.78 is 63.6. The van der Waals surface area contributed by atoms with Gasteiger partial charge in [-0.2, -0.15) is 13.2 Å². The summed E-state index contributed by atoms with van der Waals surface area (Å²) in [4.78, 5) is 12.8. The maximum absolute atomic E-state index is 12.4. The first-order chi connectivity index (χ1) is 10.7. The van der Waals surface area contributed by atoms with Crippen LogP contribution < -0.4 is 4.72 Å². The molecule has 0 spiro atoms. The molecule has 2 rings (SSSR count). The molecule has 1 aromatic rings. The lowest BCUT2D eigenvalue weighted by molar-refractivity contribution is -0.137. The lowest BCUT2D eigenvalue weighted by Gasteiger charge is -2.15. The van der Waals surface area contributed by atoms with Crippen LogP contribution in [0.1, 0.15) is 24.8 Å². The number of hydrogen-bond donors (Lipinski definition) is 1. The summed E-state index contributed by atoms with van der Waals surface area (Å²) in [5.41, 5.74) is -0.899. The van der Waals surface area contributed by atoms with Gasteiger partial charge >= 0.3 is 6.18 Å². The molecule has 9 heteroatoms. The van der Waals surface area contributed by atoms with E-state index in [0.717, 1.165) is 30.7 Å². The van der Waals surface area contributed by atoms with Crippen LogP contribution in [0.2, 0.25) is 0 Å². The van der Waals surface area contributed by atoms with Gasteiger partial charge in [0.1, 0.15) is 0 Å². The van der Waals surface area contributed by atoms with E-state index in [1.165, 1.54) is 0 Å². The van der Waals surface area contributed by atoms with E-state index in [0.29, 0.717) is 25.9 Å². The minimum Gasteiger partial charge on any atom is -0.343 e. The molecule has 0 aliphatic carbocycles. The summed E-state index contributed by atoms with van der Waals surface area (Å²) in [5.74, 6) is 0.0654. The molecule has 1 saturated heterocycles. The van der Waals surface area contributed by atoms with Crippen LogP contribution in [-0.4, -0.2) is 38.9 Å². The fourth-order valence-electron chi connectivity index (χ4n) is 2.32. The highest BCUT2D eigenvalue weighted by atomic mass is 32.2. The smallest absolute Gasteiger partial charge is 0.343 e. The first kappa shape index (κ1) is 17.7. The van der Waals surface area contributed by atoms with Crippen LogP contribution in [0.3, 0.4) is 0 Å². The highest BCUT2D eigenvalue weighted by Gasteiger charge is 2.30. The van der Waals surface area contributed by atoms with Crippen molar-refractivity contribution in [3.05, 3.63) is 29.8 Å². The van der Waals surface area contributed by atoms with Crippen molar-refractivity contribution in [2.75, 3.05) is 19.6 Å². The predicted octanol–water partition coefficient (Wildman–Crippen LogP) is 2.00. The summed E-state index contributed by atoms with van der Waals surface area (Å²) in [6, 6.07) is 3.32. The normalized spacial score (nSPS) is 16.1. The van der Waals surface area contributed by atoms with Gasteiger partial charge in [-0.3, -0.25) is 4.79 Å². The zero-order valence-electron chi connectivity index (χ0n) is 12.3. The minimum atomic E-state index is -4.50. The first-order valence-corrected chi connectivity index (χ1v) is 8.63. The Labute approximate surface area is 132 Å². The average molecular weight is 350 g/mol. The predicted molar refractivity (Wildman–Crippen MR) is 77.1 cm³/mol. The minimum absolute atomic E-state index is 0.0654. The molecule has 1 aromatic carbocycles. The number of sulfonamides is 1. The Morgan fingerprint density at radius 1 is 1.17 bits per heavy atom. The highest BCUT2D eigenvalue weighted by Crippen LogP contribution is 2.29. The molecule has 0 unspecified atom stereocenters. The zero-order chi connectivity index (χ0) is 17.1. The van der Waals surface area contributed by atoms with Gasteiger partial charge in [-0.15, -0.1) is 0 Å². The van der Waals surface area contributed by atoms with Gasteiger partial charge in [0.25, 0.3) is 0 Å². The highest BCUT2D eigenvalue weighted by molar-refractivity contribution is 7.89. The number of alkyl halides is 3. The summed E-state index contributed by atoms with van der Waals surface area (Å²) in [5, 5.41) is 0. The van der Waals surface area contributed by atoms with Crippen LogP contribution in [-0.2, 0) is 21.0 Å². The fourth-order valence-corrected chi connectivity index (χ4v) is 3.40. The van der Waals surface area contributed by atoms with Crippen LogP contribution in [0, 0.1) is 0 Å². The van der Waals surface area contributed by atoms with Crippen molar-refractivity contribution in [1.82, 2.24) is 9.62 Å². The number of hydrogen-bond acceptors (Lipinski definition) is 3. The van der Waals surface area contributed by atoms with E-state index in [4.69, 9.17) is 0 Å². The van der Waals surface area contributed by atoms with Gasteiger partial charge in [0.2, 0.25) is 15.9 Å². The van der Waals surface area contributed by atoms with E-state index in [-0.39, 0.29) is 17.3 Å². The Hall–Kier alpha value is -1.61. The van der Waals surface area contributed by atoms with Gasteiger partial charge in [0.05, 0.1) is 10.5 Å². The van der Waals surface area contributed by atoms with Crippen molar-refractivity contribution in [3.63, 3.8) is 0 Å². The van der Waals surface area contributed by atoms with Gasteiger partial charge in [0, 0.05) is 26.1 Å². The number of carbonyl (C=O) groups is 1. The van der Waals surface area contributed by atoms with Gasteiger partial charge in [-0.25, -0.2) is 13.1 Å². The number of halogens is 3. The second-order valence-corrected chi connectivity index (χ2v) is 7.02. The molecule has 0 saturated carbocycles. The Morgan fingerprint density at radius 3 is 2.35 bits per heavy atom. The third-order valence-corrected chi connectivity index (χ3v) is 5.04. The largest absolute Gasteiger partial charge is 0.416 e. The third kappa shape index (κ3) is 4.68. The van der Waals surface area contributed by atoms with E-state index < -0.39 is 21.8 Å². The molecule has 0 bridgehead atoms. The van der Waals surface area contributed by atoms with E-state index in [1.807, 2.05) is 0 Å². The van der Waals surface area contributed by atoms with Crippen LogP contribution in [0.4, 0.5) is 13.2 Å². The molecule has 1 fully saturated rings. The number of likely N-dealkylation sites (tertiary alicyclic amines) is 1. The standard InChI is InChI=1S/C14H17F3N2O3S/c15-14(16,17)11-4-6-12(7-5-11)23(21,22)18-8-2-10-19-9-1-3-13(19)20/h4-7,18H,1-3,8-10H2. The first-order valence-electron chi connectivity index (χ1n) is 7.15. The quantitative estimate of drug-likeness (QED) is 0.798. The molecule has 0 aromatic heterocycles. The zero-order valence-corrected chi connectivity index (χ0v) is 13.1.